The Bertz CT molecular complexity index is 1270. The molecule has 5 heteroatoms. The monoisotopic (exact) mass is 442 g/mol. The highest BCUT2D eigenvalue weighted by Crippen LogP contribution is 2.35. The number of aromatic amines is 1. The molecular formula is C28H30N2O3. The van der Waals surface area contributed by atoms with E-state index in [1.165, 1.54) is 27.6 Å². The summed E-state index contributed by atoms with van der Waals surface area (Å²) in [4.78, 5) is 14.8. The number of ether oxygens (including phenoxy) is 1. The number of aliphatic hydroxyl groups is 1. The lowest BCUT2D eigenvalue weighted by atomic mass is 9.96. The summed E-state index contributed by atoms with van der Waals surface area (Å²) in [5, 5.41) is 10.0. The summed E-state index contributed by atoms with van der Waals surface area (Å²) >= 11 is 0. The Morgan fingerprint density at radius 1 is 1.06 bits per heavy atom. The van der Waals surface area contributed by atoms with E-state index in [-0.39, 0.29) is 6.61 Å². The Kier molecular flexibility index (Phi) is 6.80. The number of nitrogens with two attached hydrogens (primary N) is 1. The van der Waals surface area contributed by atoms with Gasteiger partial charge in [-0.15, -0.1) is 0 Å². The van der Waals surface area contributed by atoms with Gasteiger partial charge in [0.15, 0.2) is 0 Å². The fourth-order valence-electron chi connectivity index (χ4n) is 4.41. The zero-order valence-electron chi connectivity index (χ0n) is 19.2. The van der Waals surface area contributed by atoms with Gasteiger partial charge >= 0.3 is 0 Å². The molecule has 1 aliphatic rings. The van der Waals surface area contributed by atoms with Gasteiger partial charge in [0.05, 0.1) is 12.2 Å². The molecule has 170 valence electrons. The van der Waals surface area contributed by atoms with E-state index in [1.54, 1.807) is 0 Å². The summed E-state index contributed by atoms with van der Waals surface area (Å²) in [6.45, 7) is 5.02. The standard InChI is InChI=1S/C17H17NO2.C11H13NO/c1-10-5-11(2)7-13(6-10)14-8-12-3-4-20-16(12)15(9-14)17(18)19;13-7-3-4-9-8-12-11-6-2-1-5-10(9)11/h5-9H,3-4H2,1-2H3,(H2,18,19);1-2,5-6,8,12-13H,3-4,7H2. The molecular weight excluding hydrogens is 412 g/mol. The van der Waals surface area contributed by atoms with Crippen molar-refractivity contribution in [2.45, 2.75) is 33.1 Å². The summed E-state index contributed by atoms with van der Waals surface area (Å²) in [6.07, 6.45) is 4.64. The van der Waals surface area contributed by atoms with Crippen molar-refractivity contribution in [1.29, 1.82) is 0 Å². The number of aliphatic hydroxyl groups excluding tert-OH is 1. The van der Waals surface area contributed by atoms with Gasteiger partial charge in [0, 0.05) is 30.1 Å². The number of nitrogens with one attached hydrogen (secondary N) is 1. The van der Waals surface area contributed by atoms with Crippen molar-refractivity contribution in [3.05, 3.63) is 88.6 Å². The van der Waals surface area contributed by atoms with Gasteiger partial charge in [-0.1, -0.05) is 47.5 Å². The predicted molar refractivity (Wildman–Crippen MR) is 133 cm³/mol. The van der Waals surface area contributed by atoms with Gasteiger partial charge in [0.1, 0.15) is 5.75 Å². The van der Waals surface area contributed by atoms with Crippen molar-refractivity contribution >= 4 is 16.8 Å². The number of aryl methyl sites for hydroxylation is 3. The number of amides is 1. The molecule has 2 heterocycles. The molecule has 0 bridgehead atoms. The first-order valence-electron chi connectivity index (χ1n) is 11.3. The average Bonchev–Trinajstić information content (AvgIpc) is 3.43. The molecule has 0 saturated carbocycles. The topological polar surface area (TPSA) is 88.3 Å². The van der Waals surface area contributed by atoms with Gasteiger partial charge in [-0.3, -0.25) is 4.79 Å². The number of benzene rings is 3. The van der Waals surface area contributed by atoms with Crippen LogP contribution in [0.25, 0.3) is 22.0 Å². The minimum Gasteiger partial charge on any atom is -0.492 e. The predicted octanol–water partition coefficient (Wildman–Crippen LogP) is 5.10. The third-order valence-corrected chi connectivity index (χ3v) is 5.88. The third-order valence-electron chi connectivity index (χ3n) is 5.88. The zero-order chi connectivity index (χ0) is 23.4. The van der Waals surface area contributed by atoms with E-state index in [0.29, 0.717) is 17.9 Å². The largest absolute Gasteiger partial charge is 0.492 e. The fourth-order valence-corrected chi connectivity index (χ4v) is 4.41. The van der Waals surface area contributed by atoms with Crippen molar-refractivity contribution in [3.63, 3.8) is 0 Å². The van der Waals surface area contributed by atoms with Crippen molar-refractivity contribution in [3.8, 4) is 16.9 Å². The number of para-hydroxylation sites is 1. The van der Waals surface area contributed by atoms with Crippen molar-refractivity contribution in [1.82, 2.24) is 4.98 Å². The van der Waals surface area contributed by atoms with Crippen LogP contribution in [0.5, 0.6) is 5.75 Å². The molecule has 0 fully saturated rings. The quantitative estimate of drug-likeness (QED) is 0.402. The molecule has 0 radical (unpaired) electrons. The number of rotatable bonds is 5. The minimum absolute atomic E-state index is 0.263. The maximum absolute atomic E-state index is 11.6. The van der Waals surface area contributed by atoms with E-state index in [0.717, 1.165) is 36.0 Å². The summed E-state index contributed by atoms with van der Waals surface area (Å²) < 4.78 is 5.53. The summed E-state index contributed by atoms with van der Waals surface area (Å²) in [5.74, 6) is 0.222. The van der Waals surface area contributed by atoms with Crippen LogP contribution >= 0.6 is 0 Å². The van der Waals surface area contributed by atoms with Crippen LogP contribution in [-0.4, -0.2) is 29.2 Å². The van der Waals surface area contributed by atoms with Gasteiger partial charge in [-0.25, -0.2) is 0 Å². The maximum Gasteiger partial charge on any atom is 0.252 e. The van der Waals surface area contributed by atoms with Crippen LogP contribution in [0.4, 0.5) is 0 Å². The first-order chi connectivity index (χ1) is 16.0. The lowest BCUT2D eigenvalue weighted by Crippen LogP contribution is -2.12. The number of carbonyl (C=O) groups is 1. The minimum atomic E-state index is -0.436. The third kappa shape index (κ3) is 5.10. The number of hydrogen-bond donors (Lipinski definition) is 3. The lowest BCUT2D eigenvalue weighted by molar-refractivity contribution is 0.0997. The fraction of sp³-hybridized carbons (Fsp3) is 0.250. The van der Waals surface area contributed by atoms with E-state index in [1.807, 2.05) is 24.4 Å². The van der Waals surface area contributed by atoms with Crippen LogP contribution < -0.4 is 10.5 Å². The van der Waals surface area contributed by atoms with Gasteiger partial charge in [0.2, 0.25) is 0 Å². The first-order valence-corrected chi connectivity index (χ1v) is 11.3. The van der Waals surface area contributed by atoms with Crippen LogP contribution in [0, 0.1) is 13.8 Å². The highest BCUT2D eigenvalue weighted by Gasteiger charge is 2.21. The second-order valence-corrected chi connectivity index (χ2v) is 8.54. The molecule has 4 aromatic rings. The van der Waals surface area contributed by atoms with Gasteiger partial charge in [0.25, 0.3) is 5.91 Å². The SMILES string of the molecule is Cc1cc(C)cc(-c2cc3c(c(C(N)=O)c2)OCC3)c1.OCCCc1c[nH]c2ccccc12. The van der Waals surface area contributed by atoms with Crippen LogP contribution in [0.15, 0.2) is 60.8 Å². The molecule has 0 unspecified atom stereocenters. The summed E-state index contributed by atoms with van der Waals surface area (Å²) in [6, 6.07) is 18.5. The second kappa shape index (κ2) is 9.92. The van der Waals surface area contributed by atoms with Crippen molar-refractivity contribution in [2.75, 3.05) is 13.2 Å². The maximum atomic E-state index is 11.6. The highest BCUT2D eigenvalue weighted by molar-refractivity contribution is 5.98. The number of aromatic nitrogens is 1. The Morgan fingerprint density at radius 3 is 2.52 bits per heavy atom. The molecule has 0 saturated heterocycles. The zero-order valence-corrected chi connectivity index (χ0v) is 19.2. The number of fused-ring (bicyclic) bond motifs is 2. The molecule has 0 spiro atoms. The Labute approximate surface area is 194 Å². The van der Waals surface area contributed by atoms with E-state index >= 15 is 0 Å². The first kappa shape index (κ1) is 22.6. The molecule has 0 atom stereocenters. The average molecular weight is 443 g/mol. The second-order valence-electron chi connectivity index (χ2n) is 8.54. The smallest absolute Gasteiger partial charge is 0.252 e. The Balaban J connectivity index is 0.000000172. The molecule has 5 nitrogen and oxygen atoms in total. The van der Waals surface area contributed by atoms with Crippen LogP contribution in [0.3, 0.4) is 0 Å². The van der Waals surface area contributed by atoms with Gasteiger partial charge in [-0.2, -0.15) is 0 Å². The lowest BCUT2D eigenvalue weighted by Gasteiger charge is -2.10. The number of carbonyl (C=O) groups excluding carboxylic acids is 1. The van der Waals surface area contributed by atoms with Crippen molar-refractivity contribution in [2.24, 2.45) is 5.73 Å². The van der Waals surface area contributed by atoms with E-state index < -0.39 is 5.91 Å². The number of H-pyrrole nitrogens is 1. The normalized spacial score (nSPS) is 12.1. The van der Waals surface area contributed by atoms with E-state index in [2.05, 4.69) is 55.2 Å². The van der Waals surface area contributed by atoms with Gasteiger partial charge < -0.3 is 20.6 Å². The Morgan fingerprint density at radius 2 is 1.79 bits per heavy atom. The number of hydrogen-bond acceptors (Lipinski definition) is 3. The summed E-state index contributed by atoms with van der Waals surface area (Å²) in [5.41, 5.74) is 14.0. The molecule has 3 aromatic carbocycles. The highest BCUT2D eigenvalue weighted by atomic mass is 16.5. The Hall–Kier alpha value is -3.57. The van der Waals surface area contributed by atoms with E-state index in [4.69, 9.17) is 15.6 Å². The molecule has 1 amide bonds. The molecule has 0 aliphatic carbocycles. The molecule has 4 N–H and O–H groups in total. The number of primary amides is 1. The van der Waals surface area contributed by atoms with Crippen LogP contribution in [0.1, 0.15) is 39.0 Å². The summed E-state index contributed by atoms with van der Waals surface area (Å²) in [7, 11) is 0. The molecule has 33 heavy (non-hydrogen) atoms. The van der Waals surface area contributed by atoms with Crippen LogP contribution in [-0.2, 0) is 12.8 Å². The molecule has 5 rings (SSSR count). The molecule has 1 aromatic heterocycles. The van der Waals surface area contributed by atoms with Crippen molar-refractivity contribution < 1.29 is 14.6 Å². The van der Waals surface area contributed by atoms with Gasteiger partial charge in [-0.05, 0) is 67.1 Å². The van der Waals surface area contributed by atoms with E-state index in [9.17, 15) is 4.79 Å². The molecule has 1 aliphatic heterocycles. The van der Waals surface area contributed by atoms with Crippen LogP contribution in [0.2, 0.25) is 0 Å².